The van der Waals surface area contributed by atoms with Gasteiger partial charge in [-0.3, -0.25) is 4.79 Å². The molecule has 0 aliphatic rings. The van der Waals surface area contributed by atoms with Crippen LogP contribution in [0.2, 0.25) is 0 Å². The third-order valence-electron chi connectivity index (χ3n) is 2.26. The van der Waals surface area contributed by atoms with Crippen LogP contribution in [0, 0.1) is 0 Å². The molecule has 2 aromatic rings. The number of carboxylic acid groups (broad SMARTS) is 1. The Bertz CT molecular complexity index is 596. The molecule has 0 aromatic carbocycles. The summed E-state index contributed by atoms with van der Waals surface area (Å²) >= 11 is 0. The van der Waals surface area contributed by atoms with Crippen molar-refractivity contribution in [1.82, 2.24) is 14.6 Å². The molecule has 0 aliphatic heterocycles. The molecule has 9 heteroatoms. The number of carbonyl (C=O) groups is 1. The lowest BCUT2D eigenvalue weighted by molar-refractivity contribution is -0.136. The van der Waals surface area contributed by atoms with E-state index in [1.165, 1.54) is 29.0 Å². The van der Waals surface area contributed by atoms with Gasteiger partial charge in [-0.25, -0.2) is 9.50 Å². The highest BCUT2D eigenvalue weighted by Gasteiger charge is 2.32. The van der Waals surface area contributed by atoms with Gasteiger partial charge in [0.15, 0.2) is 5.65 Å². The molecule has 0 saturated heterocycles. The zero-order valence-electron chi connectivity index (χ0n) is 9.50. The minimum Gasteiger partial charge on any atom is -0.480 e. The van der Waals surface area contributed by atoms with E-state index < -0.39 is 25.2 Å². The minimum atomic E-state index is -4.51. The molecule has 19 heavy (non-hydrogen) atoms. The maximum atomic E-state index is 12.4. The van der Waals surface area contributed by atoms with Gasteiger partial charge in [-0.05, 0) is 6.07 Å². The number of nitrogens with zero attached hydrogens (tertiary/aromatic N) is 4. The summed E-state index contributed by atoms with van der Waals surface area (Å²) in [7, 11) is 0. The van der Waals surface area contributed by atoms with Gasteiger partial charge in [-0.1, -0.05) is 0 Å². The summed E-state index contributed by atoms with van der Waals surface area (Å²) in [6.07, 6.45) is -1.65. The van der Waals surface area contributed by atoms with Gasteiger partial charge in [0.1, 0.15) is 18.9 Å². The molecular formula is C10H9F3N4O2. The number of hydrogen-bond acceptors (Lipinski definition) is 4. The number of aliphatic carboxylic acids is 1. The van der Waals surface area contributed by atoms with E-state index in [0.717, 1.165) is 0 Å². The SMILES string of the molecule is O=C(O)CN(CC(F)(F)F)c1ccn2nccc2n1. The molecule has 2 rings (SSSR count). The number of halogens is 3. The summed E-state index contributed by atoms with van der Waals surface area (Å²) in [5, 5.41) is 12.5. The largest absolute Gasteiger partial charge is 0.480 e. The molecular weight excluding hydrogens is 265 g/mol. The van der Waals surface area contributed by atoms with E-state index in [-0.39, 0.29) is 5.82 Å². The molecule has 0 aliphatic carbocycles. The molecule has 1 N–H and O–H groups in total. The van der Waals surface area contributed by atoms with Gasteiger partial charge < -0.3 is 10.0 Å². The molecule has 0 saturated carbocycles. The second-order valence-electron chi connectivity index (χ2n) is 3.78. The number of alkyl halides is 3. The average molecular weight is 274 g/mol. The van der Waals surface area contributed by atoms with Crippen LogP contribution in [0.3, 0.4) is 0 Å². The Morgan fingerprint density at radius 1 is 1.42 bits per heavy atom. The minimum absolute atomic E-state index is 0.0623. The van der Waals surface area contributed by atoms with Crippen molar-refractivity contribution >= 4 is 17.4 Å². The van der Waals surface area contributed by atoms with Crippen LogP contribution >= 0.6 is 0 Å². The monoisotopic (exact) mass is 274 g/mol. The van der Waals surface area contributed by atoms with E-state index in [9.17, 15) is 18.0 Å². The van der Waals surface area contributed by atoms with E-state index in [4.69, 9.17) is 5.11 Å². The molecule has 0 amide bonds. The summed E-state index contributed by atoms with van der Waals surface area (Å²) in [5.41, 5.74) is 0.343. The van der Waals surface area contributed by atoms with Gasteiger partial charge in [-0.2, -0.15) is 18.3 Å². The normalized spacial score (nSPS) is 11.7. The lowest BCUT2D eigenvalue weighted by atomic mass is 10.4. The number of hydrogen-bond donors (Lipinski definition) is 1. The van der Waals surface area contributed by atoms with Crippen molar-refractivity contribution in [2.24, 2.45) is 0 Å². The van der Waals surface area contributed by atoms with Crippen molar-refractivity contribution in [2.75, 3.05) is 18.0 Å². The van der Waals surface area contributed by atoms with Gasteiger partial charge >= 0.3 is 12.1 Å². The molecule has 0 bridgehead atoms. The Kier molecular flexibility index (Phi) is 3.28. The molecule has 0 atom stereocenters. The Balaban J connectivity index is 2.32. The maximum Gasteiger partial charge on any atom is 0.405 e. The Hall–Kier alpha value is -2.32. The number of carboxylic acids is 1. The van der Waals surface area contributed by atoms with E-state index in [0.29, 0.717) is 10.5 Å². The van der Waals surface area contributed by atoms with Crippen LogP contribution < -0.4 is 4.90 Å². The Morgan fingerprint density at radius 3 is 2.79 bits per heavy atom. The first-order chi connectivity index (χ1) is 8.85. The molecule has 6 nitrogen and oxygen atoms in total. The lowest BCUT2D eigenvalue weighted by Gasteiger charge is -2.22. The van der Waals surface area contributed by atoms with Crippen molar-refractivity contribution < 1.29 is 23.1 Å². The summed E-state index contributed by atoms with van der Waals surface area (Å²) < 4.78 is 38.6. The van der Waals surface area contributed by atoms with Crippen LogP contribution in [0.4, 0.5) is 19.0 Å². The fourth-order valence-electron chi connectivity index (χ4n) is 1.58. The first-order valence-electron chi connectivity index (χ1n) is 5.19. The van der Waals surface area contributed by atoms with Crippen molar-refractivity contribution in [2.45, 2.75) is 6.18 Å². The van der Waals surface area contributed by atoms with Crippen LogP contribution in [-0.2, 0) is 4.79 Å². The van der Waals surface area contributed by atoms with Crippen LogP contribution in [0.1, 0.15) is 0 Å². The summed E-state index contributed by atoms with van der Waals surface area (Å²) in [6, 6.07) is 2.80. The smallest absolute Gasteiger partial charge is 0.405 e. The van der Waals surface area contributed by atoms with Crippen molar-refractivity contribution in [3.63, 3.8) is 0 Å². The van der Waals surface area contributed by atoms with Gasteiger partial charge in [-0.15, -0.1) is 0 Å². The summed E-state index contributed by atoms with van der Waals surface area (Å²) in [6.45, 7) is -2.16. The van der Waals surface area contributed by atoms with Crippen LogP contribution in [0.5, 0.6) is 0 Å². The second-order valence-corrected chi connectivity index (χ2v) is 3.78. The molecule has 2 heterocycles. The highest BCUT2D eigenvalue weighted by atomic mass is 19.4. The standard InChI is InChI=1S/C10H9F3N4O2/c11-10(12,13)6-16(5-9(18)19)7-2-4-17-8(15-7)1-3-14-17/h1-4H,5-6H2,(H,18,19). The third-order valence-corrected chi connectivity index (χ3v) is 2.26. The van der Waals surface area contributed by atoms with E-state index in [2.05, 4.69) is 10.1 Å². The lowest BCUT2D eigenvalue weighted by Crippen LogP contribution is -2.38. The maximum absolute atomic E-state index is 12.4. The van der Waals surface area contributed by atoms with Crippen LogP contribution in [-0.4, -0.2) is 44.9 Å². The highest BCUT2D eigenvalue weighted by molar-refractivity contribution is 5.73. The number of rotatable bonds is 4. The molecule has 0 unspecified atom stereocenters. The Morgan fingerprint density at radius 2 is 2.16 bits per heavy atom. The predicted molar refractivity (Wildman–Crippen MR) is 58.9 cm³/mol. The zero-order chi connectivity index (χ0) is 14.0. The number of aromatic nitrogens is 3. The van der Waals surface area contributed by atoms with E-state index >= 15 is 0 Å². The third kappa shape index (κ3) is 3.33. The van der Waals surface area contributed by atoms with E-state index in [1.54, 1.807) is 0 Å². The topological polar surface area (TPSA) is 70.7 Å². The zero-order valence-corrected chi connectivity index (χ0v) is 9.50. The van der Waals surface area contributed by atoms with Crippen molar-refractivity contribution in [3.05, 3.63) is 24.5 Å². The van der Waals surface area contributed by atoms with E-state index in [1.807, 2.05) is 0 Å². The van der Waals surface area contributed by atoms with Crippen molar-refractivity contribution in [3.8, 4) is 0 Å². The highest BCUT2D eigenvalue weighted by Crippen LogP contribution is 2.20. The second kappa shape index (κ2) is 4.75. The van der Waals surface area contributed by atoms with Crippen molar-refractivity contribution in [1.29, 1.82) is 0 Å². The van der Waals surface area contributed by atoms with Crippen LogP contribution in [0.15, 0.2) is 24.5 Å². The van der Waals surface area contributed by atoms with Crippen LogP contribution in [0.25, 0.3) is 5.65 Å². The molecule has 0 spiro atoms. The predicted octanol–water partition coefficient (Wildman–Crippen LogP) is 1.18. The first kappa shape index (κ1) is 13.1. The fraction of sp³-hybridized carbons (Fsp3) is 0.300. The van der Waals surface area contributed by atoms with Gasteiger partial charge in [0.05, 0.1) is 6.20 Å². The number of fused-ring (bicyclic) bond motifs is 1. The molecule has 102 valence electrons. The van der Waals surface area contributed by atoms with Gasteiger partial charge in [0.25, 0.3) is 0 Å². The van der Waals surface area contributed by atoms with Gasteiger partial charge in [0.2, 0.25) is 0 Å². The quantitative estimate of drug-likeness (QED) is 0.906. The van der Waals surface area contributed by atoms with Gasteiger partial charge in [0, 0.05) is 12.3 Å². The first-order valence-corrected chi connectivity index (χ1v) is 5.19. The Labute approximate surface area is 105 Å². The molecule has 0 fully saturated rings. The molecule has 2 aromatic heterocycles. The average Bonchev–Trinajstić information content (AvgIpc) is 2.72. The number of anilines is 1. The molecule has 0 radical (unpaired) electrons. The summed E-state index contributed by atoms with van der Waals surface area (Å²) in [5.74, 6) is -1.42. The summed E-state index contributed by atoms with van der Waals surface area (Å²) in [4.78, 5) is 15.2. The fourth-order valence-corrected chi connectivity index (χ4v) is 1.58.